The quantitative estimate of drug-likeness (QED) is 0.453. The van der Waals surface area contributed by atoms with Crippen molar-refractivity contribution in [2.45, 2.75) is 23.1 Å². The molecule has 0 aliphatic carbocycles. The van der Waals surface area contributed by atoms with Crippen LogP contribution in [0.4, 0.5) is 14.5 Å². The monoisotopic (exact) mass is 490 g/mol. The zero-order valence-electron chi connectivity index (χ0n) is 15.6. The molecule has 1 atom stereocenters. The highest BCUT2D eigenvalue weighted by Crippen LogP contribution is 2.37. The first kappa shape index (κ1) is 20.7. The summed E-state index contributed by atoms with van der Waals surface area (Å²) in [7, 11) is -4.63. The smallest absolute Gasteiger partial charge is 0.257 e. The molecule has 0 bridgehead atoms. The van der Waals surface area contributed by atoms with E-state index in [0.29, 0.717) is 12.1 Å². The summed E-state index contributed by atoms with van der Waals surface area (Å²) in [5.74, 6) is -3.45. The van der Waals surface area contributed by atoms with Crippen LogP contribution in [0.3, 0.4) is 0 Å². The van der Waals surface area contributed by atoms with Crippen molar-refractivity contribution < 1.29 is 17.2 Å². The number of halogens is 3. The van der Waals surface area contributed by atoms with Crippen LogP contribution in [-0.4, -0.2) is 19.9 Å². The molecule has 4 nitrogen and oxygen atoms in total. The number of alkyl halides is 2. The van der Waals surface area contributed by atoms with E-state index in [-0.39, 0.29) is 6.04 Å². The Morgan fingerprint density at radius 2 is 1.57 bits per heavy atom. The molecule has 3 aromatic carbocycles. The van der Waals surface area contributed by atoms with Gasteiger partial charge in [-0.05, 0) is 47.5 Å². The van der Waals surface area contributed by atoms with Crippen LogP contribution in [0.5, 0.6) is 0 Å². The van der Waals surface area contributed by atoms with Crippen LogP contribution in [0.1, 0.15) is 23.6 Å². The van der Waals surface area contributed by atoms with E-state index in [4.69, 9.17) is 5.10 Å². The Morgan fingerprint density at radius 3 is 2.17 bits per heavy atom. The average molecular weight is 491 g/mol. The minimum Gasteiger partial charge on any atom is -0.257 e. The van der Waals surface area contributed by atoms with Crippen LogP contribution in [0, 0.1) is 0 Å². The van der Waals surface area contributed by atoms with Crippen LogP contribution >= 0.6 is 15.9 Å². The average Bonchev–Trinajstić information content (AvgIpc) is 3.20. The largest absolute Gasteiger partial charge is 0.341 e. The first-order chi connectivity index (χ1) is 14.4. The van der Waals surface area contributed by atoms with Gasteiger partial charge in [0.2, 0.25) is 9.84 Å². The van der Waals surface area contributed by atoms with Gasteiger partial charge in [0.25, 0.3) is 0 Å². The van der Waals surface area contributed by atoms with Gasteiger partial charge in [-0.15, -0.1) is 0 Å². The summed E-state index contributed by atoms with van der Waals surface area (Å²) in [6, 6.07) is 23.0. The lowest BCUT2D eigenvalue weighted by molar-refractivity contribution is 0.234. The van der Waals surface area contributed by atoms with Gasteiger partial charge in [0, 0.05) is 10.9 Å². The van der Waals surface area contributed by atoms with Crippen LogP contribution in [0.15, 0.2) is 93.3 Å². The summed E-state index contributed by atoms with van der Waals surface area (Å²) >= 11 is 3.43. The molecule has 1 aliphatic heterocycles. The van der Waals surface area contributed by atoms with Gasteiger partial charge in [-0.25, -0.2) is 8.42 Å². The van der Waals surface area contributed by atoms with Gasteiger partial charge in [0.05, 0.1) is 22.3 Å². The fourth-order valence-corrected chi connectivity index (χ4v) is 4.38. The van der Waals surface area contributed by atoms with E-state index in [0.717, 1.165) is 21.3 Å². The summed E-state index contributed by atoms with van der Waals surface area (Å²) in [5, 5.41) is 6.59. The number of rotatable bonds is 5. The van der Waals surface area contributed by atoms with Gasteiger partial charge in [-0.2, -0.15) is 13.9 Å². The van der Waals surface area contributed by atoms with Crippen molar-refractivity contribution in [1.82, 2.24) is 0 Å². The molecule has 154 valence electrons. The number of benzene rings is 3. The van der Waals surface area contributed by atoms with Crippen LogP contribution in [0.2, 0.25) is 0 Å². The molecule has 0 N–H and O–H groups in total. The maximum Gasteiger partial charge on any atom is 0.341 e. The Balaban J connectivity index is 1.72. The van der Waals surface area contributed by atoms with Crippen LogP contribution in [-0.2, 0) is 9.84 Å². The standard InChI is InChI=1S/C22H17BrF2N2O2S/c23-17-8-6-15(7-9-17)20-14-21(16-4-2-1-3-5-16)27(26-20)18-10-12-19(13-11-18)30(28,29)22(24)25/h1-13,21-22H,14H2/t21-/m1/s1. The highest BCUT2D eigenvalue weighted by atomic mass is 79.9. The van der Waals surface area contributed by atoms with Gasteiger partial charge in [-0.3, -0.25) is 5.01 Å². The minimum absolute atomic E-state index is 0.0950. The summed E-state index contributed by atoms with van der Waals surface area (Å²) in [6.07, 6.45) is 0.655. The van der Waals surface area contributed by atoms with Crippen molar-refractivity contribution in [1.29, 1.82) is 0 Å². The van der Waals surface area contributed by atoms with E-state index >= 15 is 0 Å². The maximum atomic E-state index is 12.8. The lowest BCUT2D eigenvalue weighted by atomic mass is 9.98. The summed E-state index contributed by atoms with van der Waals surface area (Å²) in [4.78, 5) is -0.408. The first-order valence-corrected chi connectivity index (χ1v) is 11.5. The highest BCUT2D eigenvalue weighted by molar-refractivity contribution is 9.10. The predicted octanol–water partition coefficient (Wildman–Crippen LogP) is 5.80. The normalized spacial score (nSPS) is 16.7. The third-order valence-corrected chi connectivity index (χ3v) is 6.86. The Hall–Kier alpha value is -2.58. The van der Waals surface area contributed by atoms with E-state index in [1.54, 1.807) is 0 Å². The number of hydrogen-bond acceptors (Lipinski definition) is 4. The fraction of sp³-hybridized carbons (Fsp3) is 0.136. The topological polar surface area (TPSA) is 49.7 Å². The van der Waals surface area contributed by atoms with Gasteiger partial charge in [0.1, 0.15) is 0 Å². The van der Waals surface area contributed by atoms with E-state index in [9.17, 15) is 17.2 Å². The van der Waals surface area contributed by atoms with E-state index in [1.807, 2.05) is 59.6 Å². The van der Waals surface area contributed by atoms with Crippen molar-refractivity contribution in [2.75, 3.05) is 5.01 Å². The van der Waals surface area contributed by atoms with E-state index < -0.39 is 20.5 Å². The zero-order chi connectivity index (χ0) is 21.3. The summed E-state index contributed by atoms with van der Waals surface area (Å²) in [6.45, 7) is 0. The molecular formula is C22H17BrF2N2O2S. The van der Waals surface area contributed by atoms with E-state index in [1.165, 1.54) is 24.3 Å². The Morgan fingerprint density at radius 1 is 0.933 bits per heavy atom. The Labute approximate surface area is 181 Å². The predicted molar refractivity (Wildman–Crippen MR) is 117 cm³/mol. The molecule has 0 amide bonds. The third kappa shape index (κ3) is 4.02. The van der Waals surface area contributed by atoms with Gasteiger partial charge in [0.15, 0.2) is 0 Å². The van der Waals surface area contributed by atoms with E-state index in [2.05, 4.69) is 15.9 Å². The first-order valence-electron chi connectivity index (χ1n) is 9.16. The van der Waals surface area contributed by atoms with Crippen molar-refractivity contribution in [3.63, 3.8) is 0 Å². The molecule has 4 rings (SSSR count). The van der Waals surface area contributed by atoms with Gasteiger partial charge in [-0.1, -0.05) is 58.4 Å². The Bertz CT molecular complexity index is 1170. The molecule has 1 heterocycles. The number of anilines is 1. The molecule has 0 radical (unpaired) electrons. The second kappa shape index (κ2) is 8.28. The maximum absolute atomic E-state index is 12.8. The molecular weight excluding hydrogens is 474 g/mol. The van der Waals surface area contributed by atoms with Crippen molar-refractivity contribution >= 4 is 37.2 Å². The number of hydrogen-bond donors (Lipinski definition) is 0. The van der Waals surface area contributed by atoms with Crippen molar-refractivity contribution in [3.05, 3.63) is 94.5 Å². The second-order valence-corrected chi connectivity index (χ2v) is 9.66. The molecule has 0 saturated heterocycles. The van der Waals surface area contributed by atoms with Gasteiger partial charge >= 0.3 is 5.76 Å². The Kier molecular flexibility index (Phi) is 5.71. The molecule has 0 saturated carbocycles. The molecule has 0 unspecified atom stereocenters. The third-order valence-electron chi connectivity index (χ3n) is 4.94. The molecule has 30 heavy (non-hydrogen) atoms. The zero-order valence-corrected chi connectivity index (χ0v) is 18.0. The highest BCUT2D eigenvalue weighted by Gasteiger charge is 2.31. The SMILES string of the molecule is O=S(=O)(c1ccc(N2N=C(c3ccc(Br)cc3)C[C@@H]2c2ccccc2)cc1)C(F)F. The molecule has 1 aliphatic rings. The number of nitrogens with zero attached hydrogens (tertiary/aromatic N) is 2. The van der Waals surface area contributed by atoms with Crippen molar-refractivity contribution in [3.8, 4) is 0 Å². The second-order valence-electron chi connectivity index (χ2n) is 6.83. The van der Waals surface area contributed by atoms with Gasteiger partial charge < -0.3 is 0 Å². The molecule has 0 aromatic heterocycles. The van der Waals surface area contributed by atoms with Crippen LogP contribution in [0.25, 0.3) is 0 Å². The summed E-state index contributed by atoms with van der Waals surface area (Å²) in [5.41, 5.74) is 3.56. The minimum atomic E-state index is -4.63. The molecule has 3 aromatic rings. The molecule has 0 spiro atoms. The lowest BCUT2D eigenvalue weighted by Crippen LogP contribution is -2.18. The summed E-state index contributed by atoms with van der Waals surface area (Å²) < 4.78 is 50.1. The molecule has 8 heteroatoms. The number of sulfone groups is 1. The fourth-order valence-electron chi connectivity index (χ4n) is 3.39. The lowest BCUT2D eigenvalue weighted by Gasteiger charge is -2.24. The molecule has 0 fully saturated rings. The van der Waals surface area contributed by atoms with Crippen LogP contribution < -0.4 is 5.01 Å². The van der Waals surface area contributed by atoms with Crippen molar-refractivity contribution in [2.24, 2.45) is 5.10 Å². The number of hydrazone groups is 1.